The van der Waals surface area contributed by atoms with Crippen LogP contribution in [0, 0.1) is 0 Å². The van der Waals surface area contributed by atoms with Gasteiger partial charge in [0, 0.05) is 32.1 Å². The Hall–Kier alpha value is -1.30. The van der Waals surface area contributed by atoms with E-state index in [9.17, 15) is 14.7 Å². The van der Waals surface area contributed by atoms with Gasteiger partial charge in [0.25, 0.3) is 0 Å². The van der Waals surface area contributed by atoms with Crippen LogP contribution in [0.2, 0.25) is 0 Å². The van der Waals surface area contributed by atoms with Crippen molar-refractivity contribution < 1.29 is 19.4 Å². The van der Waals surface area contributed by atoms with E-state index in [-0.39, 0.29) is 12.1 Å². The Bertz CT molecular complexity index is 345. The second-order valence-electron chi connectivity index (χ2n) is 5.79. The van der Waals surface area contributed by atoms with Crippen LogP contribution in [-0.4, -0.2) is 41.9 Å². The van der Waals surface area contributed by atoms with Crippen molar-refractivity contribution in [3.05, 3.63) is 0 Å². The molecule has 1 aliphatic carbocycles. The first-order valence-electron chi connectivity index (χ1n) is 7.52. The second-order valence-corrected chi connectivity index (χ2v) is 5.79. The fraction of sp³-hybridized carbons (Fsp3) is 0.857. The molecule has 2 rings (SSSR count). The van der Waals surface area contributed by atoms with Gasteiger partial charge in [-0.1, -0.05) is 25.7 Å². The second kappa shape index (κ2) is 6.92. The molecule has 6 heteroatoms. The quantitative estimate of drug-likeness (QED) is 0.688. The van der Waals surface area contributed by atoms with Crippen LogP contribution in [0.3, 0.4) is 0 Å². The van der Waals surface area contributed by atoms with Crippen molar-refractivity contribution in [2.75, 3.05) is 13.2 Å². The standard InChI is InChI=1S/C14H24N2O4/c17-12(18)14(7-9-20-10-8-14)16-13(19)15-11-5-3-1-2-4-6-11/h11H,1-10H2,(H,17,18)(H2,15,16,19). The summed E-state index contributed by atoms with van der Waals surface area (Å²) in [6.45, 7) is 0.742. The average Bonchev–Trinajstić information content (AvgIpc) is 2.68. The molecule has 0 aromatic carbocycles. The molecule has 0 atom stereocenters. The zero-order valence-corrected chi connectivity index (χ0v) is 11.8. The van der Waals surface area contributed by atoms with Crippen molar-refractivity contribution in [2.24, 2.45) is 0 Å². The van der Waals surface area contributed by atoms with Crippen molar-refractivity contribution in [3.8, 4) is 0 Å². The maximum atomic E-state index is 12.1. The van der Waals surface area contributed by atoms with Crippen LogP contribution < -0.4 is 10.6 Å². The van der Waals surface area contributed by atoms with Gasteiger partial charge in [0.05, 0.1) is 0 Å². The molecule has 0 spiro atoms. The number of urea groups is 1. The number of carbonyl (C=O) groups excluding carboxylic acids is 1. The highest BCUT2D eigenvalue weighted by molar-refractivity contribution is 5.86. The van der Waals surface area contributed by atoms with E-state index in [4.69, 9.17) is 4.74 Å². The zero-order chi connectivity index (χ0) is 14.4. The smallest absolute Gasteiger partial charge is 0.329 e. The Morgan fingerprint density at radius 3 is 2.20 bits per heavy atom. The van der Waals surface area contributed by atoms with Gasteiger partial charge >= 0.3 is 12.0 Å². The van der Waals surface area contributed by atoms with Gasteiger partial charge in [0.2, 0.25) is 0 Å². The lowest BCUT2D eigenvalue weighted by atomic mass is 9.90. The molecule has 1 aliphatic heterocycles. The summed E-state index contributed by atoms with van der Waals surface area (Å²) in [6, 6.07) is -0.190. The molecule has 20 heavy (non-hydrogen) atoms. The third-order valence-electron chi connectivity index (χ3n) is 4.30. The number of rotatable bonds is 3. The highest BCUT2D eigenvalue weighted by Crippen LogP contribution is 2.21. The molecule has 0 aromatic rings. The minimum Gasteiger partial charge on any atom is -0.480 e. The van der Waals surface area contributed by atoms with E-state index in [0.29, 0.717) is 26.1 Å². The minimum atomic E-state index is -1.17. The molecule has 2 amide bonds. The predicted molar refractivity (Wildman–Crippen MR) is 73.6 cm³/mol. The molecule has 1 saturated heterocycles. The van der Waals surface area contributed by atoms with E-state index in [0.717, 1.165) is 25.7 Å². The highest BCUT2D eigenvalue weighted by atomic mass is 16.5. The topological polar surface area (TPSA) is 87.7 Å². The van der Waals surface area contributed by atoms with Gasteiger partial charge in [-0.15, -0.1) is 0 Å². The Kier molecular flexibility index (Phi) is 5.23. The lowest BCUT2D eigenvalue weighted by molar-refractivity contribution is -0.148. The number of nitrogens with one attached hydrogen (secondary N) is 2. The zero-order valence-electron chi connectivity index (χ0n) is 11.8. The first-order valence-corrected chi connectivity index (χ1v) is 7.52. The van der Waals surface area contributed by atoms with Gasteiger partial charge in [-0.3, -0.25) is 0 Å². The summed E-state index contributed by atoms with van der Waals surface area (Å²) >= 11 is 0. The van der Waals surface area contributed by atoms with E-state index in [1.807, 2.05) is 0 Å². The number of carbonyl (C=O) groups is 2. The first-order chi connectivity index (χ1) is 9.62. The van der Waals surface area contributed by atoms with Gasteiger partial charge in [-0.2, -0.15) is 0 Å². The minimum absolute atomic E-state index is 0.170. The van der Waals surface area contributed by atoms with Crippen molar-refractivity contribution in [2.45, 2.75) is 62.9 Å². The third-order valence-corrected chi connectivity index (χ3v) is 4.30. The molecule has 3 N–H and O–H groups in total. The number of ether oxygens (including phenoxy) is 1. The molecule has 0 aromatic heterocycles. The van der Waals surface area contributed by atoms with Gasteiger partial charge in [0.15, 0.2) is 0 Å². The van der Waals surface area contributed by atoms with Crippen molar-refractivity contribution in [1.82, 2.24) is 10.6 Å². The maximum Gasteiger partial charge on any atom is 0.329 e. The lowest BCUT2D eigenvalue weighted by Crippen LogP contribution is -2.60. The fourth-order valence-corrected chi connectivity index (χ4v) is 2.97. The summed E-state index contributed by atoms with van der Waals surface area (Å²) in [7, 11) is 0. The van der Waals surface area contributed by atoms with Crippen LogP contribution in [0.15, 0.2) is 0 Å². The van der Waals surface area contributed by atoms with E-state index < -0.39 is 11.5 Å². The van der Waals surface area contributed by atoms with E-state index in [1.54, 1.807) is 0 Å². The normalized spacial score (nSPS) is 23.6. The van der Waals surface area contributed by atoms with Crippen LogP contribution >= 0.6 is 0 Å². The number of carboxylic acids is 1. The van der Waals surface area contributed by atoms with Crippen molar-refractivity contribution in [1.29, 1.82) is 0 Å². The molecular formula is C14H24N2O4. The lowest BCUT2D eigenvalue weighted by Gasteiger charge is -2.34. The molecule has 114 valence electrons. The van der Waals surface area contributed by atoms with Crippen LogP contribution in [0.5, 0.6) is 0 Å². The summed E-state index contributed by atoms with van der Waals surface area (Å²) in [5.41, 5.74) is -1.17. The van der Waals surface area contributed by atoms with Crippen molar-refractivity contribution >= 4 is 12.0 Å². The number of aliphatic carboxylic acids is 1. The molecule has 0 bridgehead atoms. The van der Waals surface area contributed by atoms with E-state index in [1.165, 1.54) is 12.8 Å². The molecule has 2 fully saturated rings. The Balaban J connectivity index is 1.89. The highest BCUT2D eigenvalue weighted by Gasteiger charge is 2.41. The molecular weight excluding hydrogens is 260 g/mol. The number of hydrogen-bond acceptors (Lipinski definition) is 3. The van der Waals surface area contributed by atoms with Crippen molar-refractivity contribution in [3.63, 3.8) is 0 Å². The summed E-state index contributed by atoms with van der Waals surface area (Å²) in [6.07, 6.45) is 7.30. The van der Waals surface area contributed by atoms with Crippen LogP contribution in [-0.2, 0) is 9.53 Å². The maximum absolute atomic E-state index is 12.1. The number of carboxylic acid groups (broad SMARTS) is 1. The average molecular weight is 284 g/mol. The molecule has 1 heterocycles. The summed E-state index contributed by atoms with van der Waals surface area (Å²) in [5, 5.41) is 15.0. The van der Waals surface area contributed by atoms with Gasteiger partial charge in [-0.05, 0) is 12.8 Å². The fourth-order valence-electron chi connectivity index (χ4n) is 2.97. The predicted octanol–water partition coefficient (Wildman–Crippen LogP) is 1.64. The van der Waals surface area contributed by atoms with Gasteiger partial charge in [-0.25, -0.2) is 9.59 Å². The Labute approximate surface area is 119 Å². The van der Waals surface area contributed by atoms with Gasteiger partial charge in [0.1, 0.15) is 5.54 Å². The summed E-state index contributed by atoms with van der Waals surface area (Å²) in [5.74, 6) is -0.975. The molecule has 0 unspecified atom stereocenters. The van der Waals surface area contributed by atoms with Crippen LogP contribution in [0.25, 0.3) is 0 Å². The van der Waals surface area contributed by atoms with E-state index in [2.05, 4.69) is 10.6 Å². The third kappa shape index (κ3) is 3.85. The molecule has 6 nitrogen and oxygen atoms in total. The van der Waals surface area contributed by atoms with Crippen LogP contribution in [0.1, 0.15) is 51.4 Å². The number of hydrogen-bond donors (Lipinski definition) is 3. The molecule has 2 aliphatic rings. The number of amides is 2. The van der Waals surface area contributed by atoms with E-state index >= 15 is 0 Å². The first kappa shape index (κ1) is 15.1. The Morgan fingerprint density at radius 2 is 1.65 bits per heavy atom. The summed E-state index contributed by atoms with van der Waals surface area (Å²) in [4.78, 5) is 23.5. The molecule has 0 radical (unpaired) electrons. The SMILES string of the molecule is O=C(NC1CCCCCC1)NC1(C(=O)O)CCOCC1. The Morgan fingerprint density at radius 1 is 1.05 bits per heavy atom. The van der Waals surface area contributed by atoms with Gasteiger partial charge < -0.3 is 20.5 Å². The molecule has 1 saturated carbocycles. The monoisotopic (exact) mass is 284 g/mol. The largest absolute Gasteiger partial charge is 0.480 e. The van der Waals surface area contributed by atoms with Crippen LogP contribution in [0.4, 0.5) is 4.79 Å². The summed E-state index contributed by atoms with van der Waals surface area (Å²) < 4.78 is 5.19.